The van der Waals surface area contributed by atoms with Crippen molar-refractivity contribution in [2.24, 2.45) is 0 Å². The van der Waals surface area contributed by atoms with Crippen LogP contribution < -0.4 is 9.47 Å². The summed E-state index contributed by atoms with van der Waals surface area (Å²) in [7, 11) is 0. The van der Waals surface area contributed by atoms with Crippen molar-refractivity contribution in [3.63, 3.8) is 0 Å². The summed E-state index contributed by atoms with van der Waals surface area (Å²) in [6.45, 7) is 3.67. The molecule has 2 heterocycles. The van der Waals surface area contributed by atoms with Gasteiger partial charge in [-0.25, -0.2) is 14.2 Å². The molecular formula is C18H15ClFN3O5S. The van der Waals surface area contributed by atoms with Crippen molar-refractivity contribution < 1.29 is 27.8 Å². The summed E-state index contributed by atoms with van der Waals surface area (Å²) < 4.78 is 35.0. The molecule has 1 atom stereocenters. The fourth-order valence-corrected chi connectivity index (χ4v) is 2.75. The maximum atomic E-state index is 13.7. The predicted molar refractivity (Wildman–Crippen MR) is 102 cm³/mol. The Labute approximate surface area is 174 Å². The quantitative estimate of drug-likeness (QED) is 0.352. The second kappa shape index (κ2) is 9.57. The number of rotatable bonds is 7. The van der Waals surface area contributed by atoms with E-state index in [4.69, 9.17) is 30.2 Å². The van der Waals surface area contributed by atoms with Crippen LogP contribution in [-0.2, 0) is 4.74 Å². The topological polar surface area (TPSA) is 96.6 Å². The number of thioether (sulfide) groups is 1. The number of carbonyl (C=O) groups excluding carboxylic acids is 1. The van der Waals surface area contributed by atoms with Crippen LogP contribution in [-0.4, -0.2) is 27.1 Å². The van der Waals surface area contributed by atoms with Crippen LogP contribution in [0.1, 0.15) is 25.8 Å². The number of carbonyl (C=O) groups is 1. The van der Waals surface area contributed by atoms with Crippen LogP contribution in [0.15, 0.2) is 46.2 Å². The van der Waals surface area contributed by atoms with Gasteiger partial charge in [0.05, 0.1) is 23.4 Å². The third kappa shape index (κ3) is 5.81. The molecule has 2 aromatic heterocycles. The summed E-state index contributed by atoms with van der Waals surface area (Å²) in [6.07, 6.45) is 0.721. The van der Waals surface area contributed by atoms with E-state index < -0.39 is 17.2 Å². The smallest absolute Gasteiger partial charge is 0.376 e. The van der Waals surface area contributed by atoms with E-state index in [2.05, 4.69) is 15.2 Å². The van der Waals surface area contributed by atoms with Crippen LogP contribution in [0, 0.1) is 5.82 Å². The molecular weight excluding hydrogens is 425 g/mol. The lowest BCUT2D eigenvalue weighted by atomic mass is 10.3. The molecule has 11 heteroatoms. The summed E-state index contributed by atoms with van der Waals surface area (Å²) in [4.78, 5) is 15.2. The lowest BCUT2D eigenvalue weighted by molar-refractivity contribution is 0.177. The van der Waals surface area contributed by atoms with Crippen molar-refractivity contribution in [3.05, 3.63) is 53.3 Å². The van der Waals surface area contributed by atoms with Crippen LogP contribution in [0.3, 0.4) is 0 Å². The zero-order valence-electron chi connectivity index (χ0n) is 15.3. The second-order valence-corrected chi connectivity index (χ2v) is 6.79. The molecule has 3 rings (SSSR count). The number of hydrogen-bond acceptors (Lipinski definition) is 9. The number of aromatic nitrogens is 3. The largest absolute Gasteiger partial charge is 0.481 e. The van der Waals surface area contributed by atoms with E-state index in [9.17, 15) is 9.18 Å². The van der Waals surface area contributed by atoms with E-state index in [-0.39, 0.29) is 28.6 Å². The van der Waals surface area contributed by atoms with E-state index in [1.807, 2.05) is 0 Å². The normalized spacial score (nSPS) is 11.7. The predicted octanol–water partition coefficient (Wildman–Crippen LogP) is 5.44. The summed E-state index contributed by atoms with van der Waals surface area (Å²) in [5, 5.41) is 7.34. The maximum Gasteiger partial charge on any atom is 0.376 e. The van der Waals surface area contributed by atoms with Gasteiger partial charge in [-0.3, -0.25) is 0 Å². The Balaban J connectivity index is 1.59. The van der Waals surface area contributed by atoms with Gasteiger partial charge in [-0.1, -0.05) is 11.6 Å². The zero-order valence-corrected chi connectivity index (χ0v) is 16.9. The molecule has 3 aromatic rings. The Kier molecular flexibility index (Phi) is 6.89. The van der Waals surface area contributed by atoms with Gasteiger partial charge in [0.15, 0.2) is 11.9 Å². The number of nitrogens with zero attached hydrogens (tertiary/aromatic N) is 3. The number of benzene rings is 1. The standard InChI is InChI=1S/C18H15ClFN3O5S/c1-3-25-18(24)29-17-23-22-15(28-17)10(2)26-12-4-6-13(7-5-12)27-16-14(20)8-11(19)9-21-16/h4-10H,3H2,1-2H3/t10-/m1/s1. The van der Waals surface area contributed by atoms with E-state index in [0.717, 1.165) is 6.07 Å². The van der Waals surface area contributed by atoms with Gasteiger partial charge in [0.2, 0.25) is 0 Å². The molecule has 0 bridgehead atoms. The summed E-state index contributed by atoms with van der Waals surface area (Å²) in [5.74, 6) is 0.203. The second-order valence-electron chi connectivity index (χ2n) is 5.47. The molecule has 0 amide bonds. The van der Waals surface area contributed by atoms with E-state index in [0.29, 0.717) is 23.3 Å². The lowest BCUT2D eigenvalue weighted by Crippen LogP contribution is -2.03. The van der Waals surface area contributed by atoms with E-state index in [1.54, 1.807) is 38.1 Å². The van der Waals surface area contributed by atoms with Crippen molar-refractivity contribution in [1.29, 1.82) is 0 Å². The Morgan fingerprint density at radius 2 is 2.00 bits per heavy atom. The Morgan fingerprint density at radius 3 is 2.69 bits per heavy atom. The highest BCUT2D eigenvalue weighted by Gasteiger charge is 2.18. The molecule has 0 N–H and O–H groups in total. The van der Waals surface area contributed by atoms with Crippen LogP contribution in [0.2, 0.25) is 5.02 Å². The first-order chi connectivity index (χ1) is 13.9. The monoisotopic (exact) mass is 439 g/mol. The Bertz CT molecular complexity index is 986. The van der Waals surface area contributed by atoms with Crippen LogP contribution in [0.5, 0.6) is 17.4 Å². The van der Waals surface area contributed by atoms with Crippen molar-refractivity contribution in [3.8, 4) is 17.4 Å². The molecule has 29 heavy (non-hydrogen) atoms. The van der Waals surface area contributed by atoms with Gasteiger partial charge in [0, 0.05) is 6.20 Å². The number of hydrogen-bond donors (Lipinski definition) is 0. The van der Waals surface area contributed by atoms with E-state index >= 15 is 0 Å². The lowest BCUT2D eigenvalue weighted by Gasteiger charge is -2.11. The molecule has 0 saturated heterocycles. The number of halogens is 2. The van der Waals surface area contributed by atoms with Gasteiger partial charge in [0.1, 0.15) is 11.5 Å². The molecule has 0 radical (unpaired) electrons. The van der Waals surface area contributed by atoms with Crippen LogP contribution in [0.25, 0.3) is 0 Å². The Hall–Kier alpha value is -2.85. The third-order valence-electron chi connectivity index (χ3n) is 3.33. The minimum Gasteiger partial charge on any atom is -0.481 e. The first-order valence-electron chi connectivity index (χ1n) is 8.38. The molecule has 0 unspecified atom stereocenters. The van der Waals surface area contributed by atoms with Crippen molar-refractivity contribution in [2.45, 2.75) is 25.2 Å². The van der Waals surface area contributed by atoms with Crippen LogP contribution >= 0.6 is 23.4 Å². The van der Waals surface area contributed by atoms with Crippen molar-refractivity contribution in [1.82, 2.24) is 15.2 Å². The fourth-order valence-electron chi connectivity index (χ4n) is 2.07. The molecule has 0 saturated carbocycles. The molecule has 1 aromatic carbocycles. The van der Waals surface area contributed by atoms with Crippen molar-refractivity contribution in [2.75, 3.05) is 6.61 Å². The average molecular weight is 440 g/mol. The van der Waals surface area contributed by atoms with Gasteiger partial charge in [-0.2, -0.15) is 0 Å². The minimum atomic E-state index is -0.667. The highest BCUT2D eigenvalue weighted by Crippen LogP contribution is 2.28. The highest BCUT2D eigenvalue weighted by molar-refractivity contribution is 8.13. The molecule has 152 valence electrons. The number of ether oxygens (including phenoxy) is 3. The van der Waals surface area contributed by atoms with Gasteiger partial charge < -0.3 is 18.6 Å². The average Bonchev–Trinajstić information content (AvgIpc) is 3.14. The summed E-state index contributed by atoms with van der Waals surface area (Å²) >= 11 is 6.36. The van der Waals surface area contributed by atoms with Crippen molar-refractivity contribution >= 4 is 28.7 Å². The van der Waals surface area contributed by atoms with Gasteiger partial charge in [-0.05, 0) is 44.2 Å². The first kappa shape index (κ1) is 20.9. The Morgan fingerprint density at radius 1 is 1.28 bits per heavy atom. The van der Waals surface area contributed by atoms with Gasteiger partial charge >= 0.3 is 5.30 Å². The molecule has 0 spiro atoms. The SMILES string of the molecule is CCOC(=O)Sc1nnc([C@@H](C)Oc2ccc(Oc3ncc(Cl)cc3F)cc2)o1. The minimum absolute atomic E-state index is 0.0649. The zero-order chi connectivity index (χ0) is 20.8. The highest BCUT2D eigenvalue weighted by atomic mass is 35.5. The molecule has 8 nitrogen and oxygen atoms in total. The maximum absolute atomic E-state index is 13.7. The molecule has 0 aliphatic heterocycles. The molecule has 0 aliphatic carbocycles. The van der Waals surface area contributed by atoms with E-state index in [1.165, 1.54) is 6.20 Å². The number of pyridine rings is 1. The van der Waals surface area contributed by atoms with Gasteiger partial charge in [-0.15, -0.1) is 10.2 Å². The molecule has 0 aliphatic rings. The fraction of sp³-hybridized carbons (Fsp3) is 0.222. The summed E-state index contributed by atoms with van der Waals surface area (Å²) in [5.41, 5.74) is 0. The molecule has 0 fully saturated rings. The van der Waals surface area contributed by atoms with Crippen LogP contribution in [0.4, 0.5) is 9.18 Å². The first-order valence-corrected chi connectivity index (χ1v) is 9.57. The third-order valence-corrected chi connectivity index (χ3v) is 4.16. The summed E-state index contributed by atoms with van der Waals surface area (Å²) in [6, 6.07) is 7.55. The van der Waals surface area contributed by atoms with Gasteiger partial charge in [0.25, 0.3) is 17.0 Å².